The third-order valence-corrected chi connectivity index (χ3v) is 6.55. The molecule has 0 saturated carbocycles. The highest BCUT2D eigenvalue weighted by atomic mass is 16.5. The summed E-state index contributed by atoms with van der Waals surface area (Å²) in [7, 11) is 0. The highest BCUT2D eigenvalue weighted by molar-refractivity contribution is 6.13. The molecular formula is C29H28N2O4. The molecule has 2 heterocycles. The summed E-state index contributed by atoms with van der Waals surface area (Å²) < 4.78 is 11.4. The van der Waals surface area contributed by atoms with Crippen LogP contribution in [0.5, 0.6) is 0 Å². The van der Waals surface area contributed by atoms with E-state index >= 15 is 0 Å². The van der Waals surface area contributed by atoms with Crippen LogP contribution in [0.1, 0.15) is 36.3 Å². The zero-order chi connectivity index (χ0) is 24.2. The van der Waals surface area contributed by atoms with Crippen LogP contribution in [-0.2, 0) is 19.1 Å². The van der Waals surface area contributed by atoms with Gasteiger partial charge in [0.15, 0.2) is 12.3 Å². The summed E-state index contributed by atoms with van der Waals surface area (Å²) in [5, 5.41) is 0. The van der Waals surface area contributed by atoms with E-state index in [-0.39, 0.29) is 18.6 Å². The second-order valence-corrected chi connectivity index (χ2v) is 8.74. The fourth-order valence-electron chi connectivity index (χ4n) is 4.94. The Morgan fingerprint density at radius 3 is 2.11 bits per heavy atom. The van der Waals surface area contributed by atoms with Crippen LogP contribution in [0.15, 0.2) is 96.0 Å². The molecule has 2 saturated heterocycles. The standard InChI is InChI=1S/C29H28N2O4/c1-2-34-29(33)26(30-25(20-12-6-3-7-13-20)21-14-8-4-9-15-21)24-18-23-19-35-28(31(23)27(24)32)22-16-10-5-11-17-22/h3-17,23-24,26,28H,2,18-19H2,1H3/t23-,24+,26+,28+/m0/s1. The predicted octanol–water partition coefficient (Wildman–Crippen LogP) is 4.40. The molecule has 0 aromatic heterocycles. The number of hydrogen-bond donors (Lipinski definition) is 0. The Hall–Kier alpha value is -3.77. The van der Waals surface area contributed by atoms with Crippen LogP contribution in [-0.4, -0.2) is 47.8 Å². The maximum Gasteiger partial charge on any atom is 0.331 e. The van der Waals surface area contributed by atoms with Gasteiger partial charge in [-0.3, -0.25) is 9.79 Å². The van der Waals surface area contributed by atoms with Crippen LogP contribution in [0.25, 0.3) is 0 Å². The molecule has 178 valence electrons. The van der Waals surface area contributed by atoms with Crippen molar-refractivity contribution in [3.8, 4) is 0 Å². The molecule has 6 heteroatoms. The first-order valence-corrected chi connectivity index (χ1v) is 12.0. The summed E-state index contributed by atoms with van der Waals surface area (Å²) in [6, 6.07) is 28.1. The van der Waals surface area contributed by atoms with E-state index in [2.05, 4.69) is 0 Å². The molecule has 0 bridgehead atoms. The lowest BCUT2D eigenvalue weighted by atomic mass is 9.94. The average molecular weight is 469 g/mol. The molecule has 4 atom stereocenters. The number of benzene rings is 3. The summed E-state index contributed by atoms with van der Waals surface area (Å²) in [5.41, 5.74) is 3.35. The number of carbonyl (C=O) groups is 2. The summed E-state index contributed by atoms with van der Waals surface area (Å²) in [4.78, 5) is 33.7. The van der Waals surface area contributed by atoms with Gasteiger partial charge in [-0.2, -0.15) is 0 Å². The van der Waals surface area contributed by atoms with Crippen molar-refractivity contribution in [3.63, 3.8) is 0 Å². The van der Waals surface area contributed by atoms with E-state index in [0.29, 0.717) is 18.7 Å². The summed E-state index contributed by atoms with van der Waals surface area (Å²) in [6.07, 6.45) is 0.0414. The number of hydrogen-bond acceptors (Lipinski definition) is 5. The fourth-order valence-corrected chi connectivity index (χ4v) is 4.94. The third-order valence-electron chi connectivity index (χ3n) is 6.55. The summed E-state index contributed by atoms with van der Waals surface area (Å²) >= 11 is 0. The van der Waals surface area contributed by atoms with Crippen LogP contribution in [0.2, 0.25) is 0 Å². The van der Waals surface area contributed by atoms with E-state index in [4.69, 9.17) is 14.5 Å². The number of rotatable bonds is 7. The zero-order valence-corrected chi connectivity index (χ0v) is 19.6. The van der Waals surface area contributed by atoms with Gasteiger partial charge in [-0.05, 0) is 13.3 Å². The molecule has 3 aromatic rings. The molecule has 5 rings (SSSR count). The third kappa shape index (κ3) is 4.62. The maximum absolute atomic E-state index is 13.7. The first-order valence-electron chi connectivity index (χ1n) is 12.0. The molecule has 0 unspecified atom stereocenters. The van der Waals surface area contributed by atoms with E-state index in [1.165, 1.54) is 0 Å². The summed E-state index contributed by atoms with van der Waals surface area (Å²) in [5.74, 6) is -1.21. The topological polar surface area (TPSA) is 68.2 Å². The Labute approximate surface area is 205 Å². The van der Waals surface area contributed by atoms with Crippen molar-refractivity contribution in [2.45, 2.75) is 31.7 Å². The van der Waals surface area contributed by atoms with Gasteiger partial charge >= 0.3 is 5.97 Å². The molecular weight excluding hydrogens is 440 g/mol. The molecule has 2 fully saturated rings. The van der Waals surface area contributed by atoms with Crippen LogP contribution in [0.4, 0.5) is 0 Å². The second kappa shape index (κ2) is 10.2. The minimum Gasteiger partial charge on any atom is -0.464 e. The first kappa shape index (κ1) is 23.0. The first-order chi connectivity index (χ1) is 17.2. The minimum absolute atomic E-state index is 0.0956. The van der Waals surface area contributed by atoms with Gasteiger partial charge in [0, 0.05) is 16.7 Å². The van der Waals surface area contributed by atoms with Crippen LogP contribution in [0, 0.1) is 5.92 Å². The van der Waals surface area contributed by atoms with Crippen molar-refractivity contribution in [1.82, 2.24) is 4.90 Å². The van der Waals surface area contributed by atoms with Crippen LogP contribution >= 0.6 is 0 Å². The van der Waals surface area contributed by atoms with Crippen molar-refractivity contribution < 1.29 is 19.1 Å². The molecule has 6 nitrogen and oxygen atoms in total. The Kier molecular flexibility index (Phi) is 6.73. The molecule has 3 aromatic carbocycles. The highest BCUT2D eigenvalue weighted by Crippen LogP contribution is 2.41. The lowest BCUT2D eigenvalue weighted by molar-refractivity contribution is -0.150. The Morgan fingerprint density at radius 1 is 0.971 bits per heavy atom. The predicted molar refractivity (Wildman–Crippen MR) is 133 cm³/mol. The number of fused-ring (bicyclic) bond motifs is 1. The van der Waals surface area contributed by atoms with E-state index in [1.54, 1.807) is 11.8 Å². The lowest BCUT2D eigenvalue weighted by Crippen LogP contribution is -2.38. The van der Waals surface area contributed by atoms with Crippen molar-refractivity contribution in [2.24, 2.45) is 10.9 Å². The van der Waals surface area contributed by atoms with Crippen molar-refractivity contribution in [1.29, 1.82) is 0 Å². The van der Waals surface area contributed by atoms with Gasteiger partial charge in [-0.1, -0.05) is 91.0 Å². The second-order valence-electron chi connectivity index (χ2n) is 8.74. The Morgan fingerprint density at radius 2 is 1.54 bits per heavy atom. The SMILES string of the molecule is CCOC(=O)[C@H](N=C(c1ccccc1)c1ccccc1)[C@H]1C[C@H]2CO[C@H](c3ccccc3)N2C1=O. The smallest absolute Gasteiger partial charge is 0.331 e. The van der Waals surface area contributed by atoms with Crippen LogP contribution in [0.3, 0.4) is 0 Å². The largest absolute Gasteiger partial charge is 0.464 e. The molecule has 0 radical (unpaired) electrons. The van der Waals surface area contributed by atoms with Gasteiger partial charge < -0.3 is 14.4 Å². The molecule has 0 N–H and O–H groups in total. The minimum atomic E-state index is -0.945. The molecule has 0 spiro atoms. The average Bonchev–Trinajstić information content (AvgIpc) is 3.46. The van der Waals surface area contributed by atoms with Gasteiger partial charge in [-0.25, -0.2) is 4.79 Å². The van der Waals surface area contributed by atoms with Gasteiger partial charge in [0.05, 0.1) is 30.9 Å². The lowest BCUT2D eigenvalue weighted by Gasteiger charge is -2.24. The number of ether oxygens (including phenoxy) is 2. The fraction of sp³-hybridized carbons (Fsp3) is 0.276. The molecule has 0 aliphatic carbocycles. The number of carbonyl (C=O) groups excluding carboxylic acids is 2. The van der Waals surface area contributed by atoms with E-state index < -0.39 is 24.2 Å². The highest BCUT2D eigenvalue weighted by Gasteiger charge is 2.52. The van der Waals surface area contributed by atoms with Crippen molar-refractivity contribution in [3.05, 3.63) is 108 Å². The molecule has 2 aliphatic rings. The monoisotopic (exact) mass is 468 g/mol. The van der Waals surface area contributed by atoms with E-state index in [1.807, 2.05) is 91.0 Å². The quantitative estimate of drug-likeness (QED) is 0.381. The van der Waals surface area contributed by atoms with Gasteiger partial charge in [0.1, 0.15) is 0 Å². The van der Waals surface area contributed by atoms with Crippen molar-refractivity contribution in [2.75, 3.05) is 13.2 Å². The maximum atomic E-state index is 13.7. The van der Waals surface area contributed by atoms with Crippen molar-refractivity contribution >= 4 is 17.6 Å². The Balaban J connectivity index is 1.53. The summed E-state index contributed by atoms with van der Waals surface area (Å²) in [6.45, 7) is 2.42. The molecule has 2 aliphatic heterocycles. The van der Waals surface area contributed by atoms with Crippen LogP contribution < -0.4 is 0 Å². The van der Waals surface area contributed by atoms with Gasteiger partial charge in [0.25, 0.3) is 0 Å². The normalized spacial score (nSPS) is 21.9. The number of amides is 1. The Bertz CT molecular complexity index is 1160. The molecule has 1 amide bonds. The van der Waals surface area contributed by atoms with E-state index in [9.17, 15) is 9.59 Å². The van der Waals surface area contributed by atoms with E-state index in [0.717, 1.165) is 16.7 Å². The van der Waals surface area contributed by atoms with Gasteiger partial charge in [0.2, 0.25) is 5.91 Å². The number of esters is 1. The van der Waals surface area contributed by atoms with Gasteiger partial charge in [-0.15, -0.1) is 0 Å². The number of nitrogens with zero attached hydrogens (tertiary/aromatic N) is 2. The molecule has 35 heavy (non-hydrogen) atoms. The number of aliphatic imine (C=N–C) groups is 1. The zero-order valence-electron chi connectivity index (χ0n) is 19.6.